The summed E-state index contributed by atoms with van der Waals surface area (Å²) in [4.78, 5) is 11.9. The highest BCUT2D eigenvalue weighted by atomic mass is 19.3. The minimum atomic E-state index is -3.23. The van der Waals surface area contributed by atoms with Gasteiger partial charge in [-0.1, -0.05) is 5.04 Å². The van der Waals surface area contributed by atoms with Crippen LogP contribution in [0.1, 0.15) is 38.1 Å². The van der Waals surface area contributed by atoms with E-state index in [2.05, 4.69) is 9.78 Å². The van der Waals surface area contributed by atoms with Crippen molar-refractivity contribution in [3.63, 3.8) is 0 Å². The van der Waals surface area contributed by atoms with E-state index in [1.54, 1.807) is 0 Å². The Morgan fingerprint density at radius 3 is 2.15 bits per heavy atom. The summed E-state index contributed by atoms with van der Waals surface area (Å²) in [5, 5.41) is 3.05. The Morgan fingerprint density at radius 2 is 1.69 bits per heavy atom. The van der Waals surface area contributed by atoms with Crippen molar-refractivity contribution < 1.29 is 41.9 Å². The van der Waals surface area contributed by atoms with E-state index in [0.717, 1.165) is 6.07 Å². The number of amides is 1. The van der Waals surface area contributed by atoms with Crippen LogP contribution in [0.5, 0.6) is 11.5 Å². The van der Waals surface area contributed by atoms with Crippen LogP contribution >= 0.6 is 0 Å². The molecule has 0 unspecified atom stereocenters. The lowest BCUT2D eigenvalue weighted by Gasteiger charge is -2.32. The van der Waals surface area contributed by atoms with Gasteiger partial charge in [-0.3, -0.25) is 4.79 Å². The first-order chi connectivity index (χ1) is 12.0. The fourth-order valence-electron chi connectivity index (χ4n) is 2.39. The molecule has 0 aromatic heterocycles. The third kappa shape index (κ3) is 3.89. The molecule has 1 fully saturated rings. The SMILES string of the molecule is COc1cc(B2OC(C)(C)C(C)(C)O2)cc(OC(F)F)c1C(=O)NOF. The standard InChI is InChI=1S/C15H19BF3NO6/c1-14(2)15(3,4)25-16(24-14)8-6-9(22-5)11(12(21)20-26-19)10(7-8)23-13(17)18/h6-7,13H,1-5H3,(H,20,21). The van der Waals surface area contributed by atoms with E-state index < -0.39 is 42.2 Å². The first-order valence-corrected chi connectivity index (χ1v) is 7.62. The van der Waals surface area contributed by atoms with Gasteiger partial charge in [-0.25, -0.2) is 0 Å². The van der Waals surface area contributed by atoms with E-state index >= 15 is 0 Å². The van der Waals surface area contributed by atoms with Gasteiger partial charge in [-0.15, -0.1) is 0 Å². The average molecular weight is 377 g/mol. The van der Waals surface area contributed by atoms with Crippen molar-refractivity contribution in [3.05, 3.63) is 17.7 Å². The second-order valence-corrected chi connectivity index (χ2v) is 6.57. The predicted octanol–water partition coefficient (Wildman–Crippen LogP) is 2.14. The van der Waals surface area contributed by atoms with Gasteiger partial charge in [0, 0.05) is 0 Å². The molecule has 144 valence electrons. The van der Waals surface area contributed by atoms with E-state index in [0.29, 0.717) is 0 Å². The Morgan fingerprint density at radius 1 is 1.15 bits per heavy atom. The third-order valence-electron chi connectivity index (χ3n) is 4.41. The van der Waals surface area contributed by atoms with E-state index in [1.165, 1.54) is 18.7 Å². The smallest absolute Gasteiger partial charge is 0.495 e. The fourth-order valence-corrected chi connectivity index (χ4v) is 2.39. The van der Waals surface area contributed by atoms with E-state index in [4.69, 9.17) is 14.0 Å². The van der Waals surface area contributed by atoms with Gasteiger partial charge in [0.05, 0.1) is 18.3 Å². The number of carbonyl (C=O) groups is 1. The lowest BCUT2D eigenvalue weighted by Crippen LogP contribution is -2.41. The van der Waals surface area contributed by atoms with Crippen LogP contribution in [0.25, 0.3) is 0 Å². The second-order valence-electron chi connectivity index (χ2n) is 6.57. The maximum Gasteiger partial charge on any atom is 0.495 e. The van der Waals surface area contributed by atoms with Gasteiger partial charge in [-0.2, -0.15) is 14.3 Å². The zero-order valence-electron chi connectivity index (χ0n) is 14.9. The molecule has 7 nitrogen and oxygen atoms in total. The molecule has 0 aliphatic carbocycles. The lowest BCUT2D eigenvalue weighted by molar-refractivity contribution is -0.176. The molecule has 0 saturated carbocycles. The molecule has 11 heteroatoms. The summed E-state index contributed by atoms with van der Waals surface area (Å²) in [5.74, 6) is -1.86. The number of hydroxylamine groups is 1. The molecule has 1 N–H and O–H groups in total. The highest BCUT2D eigenvalue weighted by Crippen LogP contribution is 2.37. The van der Waals surface area contributed by atoms with Crippen LogP contribution in [-0.4, -0.2) is 37.9 Å². The molecule has 1 aromatic carbocycles. The Bertz CT molecular complexity index is 670. The Labute approximate surface area is 148 Å². The zero-order valence-corrected chi connectivity index (χ0v) is 14.9. The minimum Gasteiger partial charge on any atom is -0.496 e. The lowest BCUT2D eigenvalue weighted by atomic mass is 9.78. The molecule has 1 aliphatic rings. The number of rotatable bonds is 6. The number of ether oxygens (including phenoxy) is 2. The van der Waals surface area contributed by atoms with Crippen molar-refractivity contribution in [2.75, 3.05) is 7.11 Å². The largest absolute Gasteiger partial charge is 0.496 e. The number of benzene rings is 1. The summed E-state index contributed by atoms with van der Waals surface area (Å²) in [7, 11) is 0.297. The number of alkyl halides is 2. The van der Waals surface area contributed by atoms with Crippen molar-refractivity contribution in [1.29, 1.82) is 0 Å². The number of carbonyl (C=O) groups excluding carboxylic acids is 1. The molecule has 0 radical (unpaired) electrons. The van der Waals surface area contributed by atoms with Crippen molar-refractivity contribution in [2.45, 2.75) is 45.5 Å². The van der Waals surface area contributed by atoms with Crippen LogP contribution in [0.4, 0.5) is 13.3 Å². The van der Waals surface area contributed by atoms with Gasteiger partial charge < -0.3 is 18.8 Å². The maximum absolute atomic E-state index is 12.8. The monoisotopic (exact) mass is 377 g/mol. The highest BCUT2D eigenvalue weighted by molar-refractivity contribution is 6.62. The molecule has 0 bridgehead atoms. The maximum atomic E-state index is 12.8. The molecule has 0 spiro atoms. The third-order valence-corrected chi connectivity index (χ3v) is 4.41. The van der Waals surface area contributed by atoms with Gasteiger partial charge in [0.1, 0.15) is 17.1 Å². The first-order valence-electron chi connectivity index (χ1n) is 7.62. The summed E-state index contributed by atoms with van der Waals surface area (Å²) in [6.07, 6.45) is 0. The summed E-state index contributed by atoms with van der Waals surface area (Å²) < 4.78 is 58.7. The second kappa shape index (κ2) is 7.33. The van der Waals surface area contributed by atoms with Crippen molar-refractivity contribution in [1.82, 2.24) is 5.48 Å². The Kier molecular flexibility index (Phi) is 5.74. The average Bonchev–Trinajstić information content (AvgIpc) is 2.74. The number of hydrogen-bond donors (Lipinski definition) is 1. The molecule has 26 heavy (non-hydrogen) atoms. The van der Waals surface area contributed by atoms with Crippen LogP contribution in [0.15, 0.2) is 12.1 Å². The Balaban J connectivity index is 2.51. The zero-order chi connectivity index (χ0) is 19.7. The van der Waals surface area contributed by atoms with E-state index in [-0.39, 0.29) is 11.2 Å². The normalized spacial score (nSPS) is 18.1. The van der Waals surface area contributed by atoms with Crippen LogP contribution < -0.4 is 20.4 Å². The molecule has 1 amide bonds. The predicted molar refractivity (Wildman–Crippen MR) is 85.0 cm³/mol. The van der Waals surface area contributed by atoms with Gasteiger partial charge in [0.25, 0.3) is 5.91 Å². The van der Waals surface area contributed by atoms with Crippen LogP contribution in [0.3, 0.4) is 0 Å². The topological polar surface area (TPSA) is 75.2 Å². The van der Waals surface area contributed by atoms with Gasteiger partial charge in [0.15, 0.2) is 0 Å². The van der Waals surface area contributed by atoms with E-state index in [1.807, 2.05) is 27.7 Å². The highest BCUT2D eigenvalue weighted by Gasteiger charge is 2.52. The van der Waals surface area contributed by atoms with Crippen molar-refractivity contribution in [2.24, 2.45) is 0 Å². The molecule has 2 rings (SSSR count). The quantitative estimate of drug-likeness (QED) is 0.605. The summed E-state index contributed by atoms with van der Waals surface area (Å²) in [6.45, 7) is 4.05. The van der Waals surface area contributed by atoms with Crippen LogP contribution in [-0.2, 0) is 14.4 Å². The molecule has 1 aliphatic heterocycles. The molecular weight excluding hydrogens is 358 g/mol. The minimum absolute atomic E-state index is 0.151. The van der Waals surface area contributed by atoms with Crippen molar-refractivity contribution in [3.8, 4) is 11.5 Å². The molecular formula is C15H19BF3NO6. The first kappa shape index (κ1) is 20.3. The number of methoxy groups -OCH3 is 1. The Hall–Kier alpha value is -1.98. The van der Waals surface area contributed by atoms with Crippen LogP contribution in [0, 0.1) is 0 Å². The fraction of sp³-hybridized carbons (Fsp3) is 0.533. The van der Waals surface area contributed by atoms with Gasteiger partial charge in [-0.05, 0) is 49.8 Å². The van der Waals surface area contributed by atoms with Gasteiger partial charge >= 0.3 is 13.7 Å². The molecule has 1 saturated heterocycles. The van der Waals surface area contributed by atoms with Gasteiger partial charge in [0.2, 0.25) is 0 Å². The molecule has 1 aromatic rings. The number of hydrogen-bond acceptors (Lipinski definition) is 6. The van der Waals surface area contributed by atoms with Crippen LogP contribution in [0.2, 0.25) is 0 Å². The number of nitrogens with one attached hydrogen (secondary N) is 1. The molecule has 1 heterocycles. The summed E-state index contributed by atoms with van der Waals surface area (Å²) >= 11 is 0. The summed E-state index contributed by atoms with van der Waals surface area (Å²) in [6, 6.07) is 2.50. The molecule has 0 atom stereocenters. The number of halogens is 3. The summed E-state index contributed by atoms with van der Waals surface area (Å²) in [5.41, 5.74) is -0.136. The van der Waals surface area contributed by atoms with Crippen molar-refractivity contribution >= 4 is 18.5 Å². The van der Waals surface area contributed by atoms with E-state index in [9.17, 15) is 18.1 Å².